The van der Waals surface area contributed by atoms with E-state index in [-0.39, 0.29) is 25.3 Å². The first-order valence-electron chi connectivity index (χ1n) is 9.34. The van der Waals surface area contributed by atoms with E-state index in [0.717, 1.165) is 12.1 Å². The van der Waals surface area contributed by atoms with Gasteiger partial charge < -0.3 is 14.8 Å². The molecule has 10 heteroatoms. The molecule has 2 rings (SSSR count). The number of aliphatic carboxylic acids is 2. The fraction of sp³-hybridized carbons (Fsp3) is 0.450. The number of rotatable bonds is 10. The highest BCUT2D eigenvalue weighted by Gasteiger charge is 2.30. The Morgan fingerprint density at radius 1 is 1.10 bits per heavy atom. The van der Waals surface area contributed by atoms with Crippen molar-refractivity contribution < 1.29 is 33.0 Å². The third-order valence-corrected chi connectivity index (χ3v) is 4.45. The van der Waals surface area contributed by atoms with E-state index in [0.29, 0.717) is 11.3 Å². The lowest BCUT2D eigenvalue weighted by atomic mass is 10.0. The zero-order valence-electron chi connectivity index (χ0n) is 16.6. The van der Waals surface area contributed by atoms with Gasteiger partial charge >= 0.3 is 18.1 Å². The van der Waals surface area contributed by atoms with Crippen molar-refractivity contribution in [3.8, 4) is 0 Å². The lowest BCUT2D eigenvalue weighted by molar-refractivity contribution is -0.143. The maximum atomic E-state index is 12.6. The summed E-state index contributed by atoms with van der Waals surface area (Å²) in [5.41, 5.74) is 0.320. The number of imidazole rings is 1. The lowest BCUT2D eigenvalue weighted by Crippen LogP contribution is -2.48. The third kappa shape index (κ3) is 6.87. The van der Waals surface area contributed by atoms with Crippen molar-refractivity contribution in [2.45, 2.75) is 51.5 Å². The first-order valence-corrected chi connectivity index (χ1v) is 9.34. The predicted octanol–water partition coefficient (Wildman–Crippen LogP) is 3.03. The van der Waals surface area contributed by atoms with Crippen LogP contribution in [0.3, 0.4) is 0 Å². The minimum Gasteiger partial charge on any atom is -0.480 e. The topological polar surface area (TPSA) is 104 Å². The Labute approximate surface area is 171 Å². The molecule has 2 unspecified atom stereocenters. The van der Waals surface area contributed by atoms with Gasteiger partial charge in [-0.3, -0.25) is 14.9 Å². The molecule has 0 bridgehead atoms. The number of carboxylic acids is 2. The summed E-state index contributed by atoms with van der Waals surface area (Å²) in [7, 11) is 0. The first-order chi connectivity index (χ1) is 14.0. The zero-order chi connectivity index (χ0) is 22.5. The Kier molecular flexibility index (Phi) is 7.60. The van der Waals surface area contributed by atoms with Gasteiger partial charge in [0.15, 0.2) is 0 Å². The van der Waals surface area contributed by atoms with Gasteiger partial charge in [0.1, 0.15) is 12.1 Å². The van der Waals surface area contributed by atoms with Crippen molar-refractivity contribution in [1.29, 1.82) is 0 Å². The Bertz CT molecular complexity index is 863. The van der Waals surface area contributed by atoms with Gasteiger partial charge in [-0.2, -0.15) is 13.2 Å². The van der Waals surface area contributed by atoms with E-state index >= 15 is 0 Å². The highest BCUT2D eigenvalue weighted by atomic mass is 19.4. The SMILES string of the molecule is CC(C)CC(NC(Cc1cn(Cc2ccc(C(F)(F)F)cc2)cn1)C(=O)O)C(=O)O. The molecule has 0 radical (unpaired) electrons. The summed E-state index contributed by atoms with van der Waals surface area (Å²) in [5, 5.41) is 21.4. The monoisotopic (exact) mass is 427 g/mol. The van der Waals surface area contributed by atoms with E-state index in [9.17, 15) is 33.0 Å². The molecule has 0 fully saturated rings. The van der Waals surface area contributed by atoms with Crippen LogP contribution in [-0.4, -0.2) is 43.8 Å². The highest BCUT2D eigenvalue weighted by Crippen LogP contribution is 2.29. The van der Waals surface area contributed by atoms with Gasteiger partial charge in [0.2, 0.25) is 0 Å². The number of hydrogen-bond acceptors (Lipinski definition) is 4. The van der Waals surface area contributed by atoms with Crippen molar-refractivity contribution in [2.24, 2.45) is 5.92 Å². The average Bonchev–Trinajstić information content (AvgIpc) is 3.06. The number of nitrogens with zero attached hydrogens (tertiary/aromatic N) is 2. The van der Waals surface area contributed by atoms with Crippen LogP contribution in [0.25, 0.3) is 0 Å². The van der Waals surface area contributed by atoms with E-state index in [1.807, 2.05) is 13.8 Å². The molecule has 0 spiro atoms. The van der Waals surface area contributed by atoms with Crippen molar-refractivity contribution >= 4 is 11.9 Å². The maximum Gasteiger partial charge on any atom is 0.416 e. The number of hydrogen-bond donors (Lipinski definition) is 3. The maximum absolute atomic E-state index is 12.6. The van der Waals surface area contributed by atoms with Crippen LogP contribution in [0.2, 0.25) is 0 Å². The molecule has 30 heavy (non-hydrogen) atoms. The molecule has 1 aromatic heterocycles. The second-order valence-electron chi connectivity index (χ2n) is 7.51. The molecule has 0 saturated heterocycles. The van der Waals surface area contributed by atoms with Crippen LogP contribution in [-0.2, 0) is 28.7 Å². The number of alkyl halides is 3. The summed E-state index contributed by atoms with van der Waals surface area (Å²) in [4.78, 5) is 27.1. The average molecular weight is 427 g/mol. The van der Waals surface area contributed by atoms with Gasteiger partial charge in [-0.15, -0.1) is 0 Å². The van der Waals surface area contributed by atoms with Crippen molar-refractivity contribution in [3.05, 3.63) is 53.6 Å². The van der Waals surface area contributed by atoms with Gasteiger partial charge in [0.05, 0.1) is 17.6 Å². The van der Waals surface area contributed by atoms with Crippen LogP contribution in [0, 0.1) is 5.92 Å². The molecule has 0 aliphatic rings. The van der Waals surface area contributed by atoms with Crippen LogP contribution in [0.15, 0.2) is 36.8 Å². The summed E-state index contributed by atoms with van der Waals surface area (Å²) in [6.45, 7) is 3.95. The third-order valence-electron chi connectivity index (χ3n) is 4.45. The summed E-state index contributed by atoms with van der Waals surface area (Å²) in [5.74, 6) is -2.25. The number of carboxylic acid groups (broad SMARTS) is 2. The molecule has 1 heterocycles. The number of carbonyl (C=O) groups is 2. The smallest absolute Gasteiger partial charge is 0.416 e. The number of nitrogens with one attached hydrogen (secondary N) is 1. The van der Waals surface area contributed by atoms with Crippen LogP contribution in [0.1, 0.15) is 37.1 Å². The predicted molar refractivity (Wildman–Crippen MR) is 102 cm³/mol. The fourth-order valence-corrected chi connectivity index (χ4v) is 2.99. The van der Waals surface area contributed by atoms with Crippen molar-refractivity contribution in [3.63, 3.8) is 0 Å². The normalized spacial score (nSPS) is 13.9. The summed E-state index contributed by atoms with van der Waals surface area (Å²) < 4.78 is 39.5. The second-order valence-corrected chi connectivity index (χ2v) is 7.51. The molecule has 2 atom stereocenters. The minimum atomic E-state index is -4.40. The van der Waals surface area contributed by atoms with E-state index in [1.54, 1.807) is 10.8 Å². The van der Waals surface area contributed by atoms with Crippen LogP contribution in [0.5, 0.6) is 0 Å². The molecular weight excluding hydrogens is 403 g/mol. The largest absolute Gasteiger partial charge is 0.480 e. The molecule has 0 amide bonds. The van der Waals surface area contributed by atoms with E-state index in [2.05, 4.69) is 10.3 Å². The van der Waals surface area contributed by atoms with Crippen LogP contribution >= 0.6 is 0 Å². The number of benzene rings is 1. The standard InChI is InChI=1S/C20H24F3N3O4/c1-12(2)7-16(18(27)28)25-17(19(29)30)8-15-10-26(11-24-15)9-13-3-5-14(6-4-13)20(21,22)23/h3-6,10-12,16-17,25H,7-9H2,1-2H3,(H,27,28)(H,29,30). The Balaban J connectivity index is 2.04. The Hall–Kier alpha value is -2.88. The quantitative estimate of drug-likeness (QED) is 0.539. The van der Waals surface area contributed by atoms with Gasteiger partial charge in [0.25, 0.3) is 0 Å². The number of halogens is 3. The summed E-state index contributed by atoms with van der Waals surface area (Å²) in [6.07, 6.45) is -1.11. The van der Waals surface area contributed by atoms with Gasteiger partial charge in [-0.1, -0.05) is 26.0 Å². The van der Waals surface area contributed by atoms with Gasteiger partial charge in [-0.25, -0.2) is 4.98 Å². The molecular formula is C20H24F3N3O4. The number of aromatic nitrogens is 2. The summed E-state index contributed by atoms with van der Waals surface area (Å²) >= 11 is 0. The zero-order valence-corrected chi connectivity index (χ0v) is 16.6. The second kappa shape index (κ2) is 9.75. The van der Waals surface area contributed by atoms with E-state index < -0.39 is 35.8 Å². The Morgan fingerprint density at radius 3 is 2.20 bits per heavy atom. The molecule has 2 aromatic rings. The minimum absolute atomic E-state index is 0.0305. The molecule has 1 aromatic carbocycles. The molecule has 164 valence electrons. The van der Waals surface area contributed by atoms with Crippen molar-refractivity contribution in [1.82, 2.24) is 14.9 Å². The fourth-order valence-electron chi connectivity index (χ4n) is 2.99. The first kappa shape index (κ1) is 23.4. The van der Waals surface area contributed by atoms with Crippen LogP contribution in [0.4, 0.5) is 13.2 Å². The van der Waals surface area contributed by atoms with Gasteiger partial charge in [0, 0.05) is 19.2 Å². The van der Waals surface area contributed by atoms with Crippen LogP contribution < -0.4 is 5.32 Å². The molecule has 0 saturated carbocycles. The van der Waals surface area contributed by atoms with Crippen molar-refractivity contribution in [2.75, 3.05) is 0 Å². The van der Waals surface area contributed by atoms with E-state index in [1.165, 1.54) is 18.5 Å². The van der Waals surface area contributed by atoms with Gasteiger partial charge in [-0.05, 0) is 30.0 Å². The molecule has 0 aliphatic carbocycles. The van der Waals surface area contributed by atoms with E-state index in [4.69, 9.17) is 0 Å². The molecule has 3 N–H and O–H groups in total. The lowest BCUT2D eigenvalue weighted by Gasteiger charge is -2.21. The highest BCUT2D eigenvalue weighted by molar-refractivity contribution is 5.77. The Morgan fingerprint density at radius 2 is 1.70 bits per heavy atom. The molecule has 0 aliphatic heterocycles. The summed E-state index contributed by atoms with van der Waals surface area (Å²) in [6, 6.07) is 2.59. The molecule has 7 nitrogen and oxygen atoms in total.